The molecule has 2 rings (SSSR count). The van der Waals surface area contributed by atoms with E-state index in [1.165, 1.54) is 6.07 Å². The zero-order valence-corrected chi connectivity index (χ0v) is 11.4. The van der Waals surface area contributed by atoms with Crippen molar-refractivity contribution in [1.82, 2.24) is 10.3 Å². The highest BCUT2D eigenvalue weighted by Gasteiger charge is 2.09. The van der Waals surface area contributed by atoms with Crippen molar-refractivity contribution in [3.05, 3.63) is 59.0 Å². The first-order valence-corrected chi connectivity index (χ1v) is 6.28. The van der Waals surface area contributed by atoms with E-state index >= 15 is 0 Å². The van der Waals surface area contributed by atoms with Crippen LogP contribution < -0.4 is 10.6 Å². The topological polar surface area (TPSA) is 54.0 Å². The van der Waals surface area contributed by atoms with Crippen LogP contribution in [0.15, 0.2) is 36.4 Å². The molecule has 2 N–H and O–H groups in total. The van der Waals surface area contributed by atoms with E-state index in [2.05, 4.69) is 15.6 Å². The third-order valence-electron chi connectivity index (χ3n) is 2.87. The van der Waals surface area contributed by atoms with Gasteiger partial charge >= 0.3 is 0 Å². The van der Waals surface area contributed by atoms with Crippen LogP contribution in [0.1, 0.15) is 21.6 Å². The van der Waals surface area contributed by atoms with Crippen molar-refractivity contribution in [2.24, 2.45) is 0 Å². The maximum Gasteiger partial charge on any atom is 0.251 e. The van der Waals surface area contributed by atoms with Gasteiger partial charge in [0.1, 0.15) is 11.6 Å². The summed E-state index contributed by atoms with van der Waals surface area (Å²) in [5.74, 6) is 0.0471. The fourth-order valence-electron chi connectivity index (χ4n) is 1.85. The molecule has 1 amide bonds. The van der Waals surface area contributed by atoms with Crippen LogP contribution in [0.2, 0.25) is 0 Å². The number of hydrogen-bond donors (Lipinski definition) is 2. The van der Waals surface area contributed by atoms with E-state index in [1.807, 2.05) is 6.92 Å². The standard InChI is InChI=1S/C15H16FN3O/c1-10-7-12(8-14(17-2)19-10)15(20)18-9-11-5-3-4-6-13(11)16/h3-8H,9H2,1-2H3,(H,17,19)(H,18,20). The van der Waals surface area contributed by atoms with Gasteiger partial charge in [0.15, 0.2) is 0 Å². The molecule has 0 atom stereocenters. The number of nitrogens with zero attached hydrogens (tertiary/aromatic N) is 1. The van der Waals surface area contributed by atoms with Crippen molar-refractivity contribution < 1.29 is 9.18 Å². The van der Waals surface area contributed by atoms with Crippen LogP contribution in [0.4, 0.5) is 10.2 Å². The first-order valence-electron chi connectivity index (χ1n) is 6.28. The summed E-state index contributed by atoms with van der Waals surface area (Å²) >= 11 is 0. The molecule has 1 heterocycles. The molecule has 1 aromatic heterocycles. The summed E-state index contributed by atoms with van der Waals surface area (Å²) in [4.78, 5) is 16.3. The molecule has 0 fully saturated rings. The highest BCUT2D eigenvalue weighted by molar-refractivity contribution is 5.94. The van der Waals surface area contributed by atoms with Crippen molar-refractivity contribution >= 4 is 11.7 Å². The second-order valence-electron chi connectivity index (χ2n) is 4.41. The highest BCUT2D eigenvalue weighted by Crippen LogP contribution is 2.10. The Hall–Kier alpha value is -2.43. The third kappa shape index (κ3) is 3.32. The van der Waals surface area contributed by atoms with Gasteiger partial charge in [-0.05, 0) is 25.1 Å². The molecule has 20 heavy (non-hydrogen) atoms. The molecule has 0 unspecified atom stereocenters. The lowest BCUT2D eigenvalue weighted by atomic mass is 10.2. The zero-order chi connectivity index (χ0) is 14.5. The predicted octanol–water partition coefficient (Wildman–Crippen LogP) is 2.50. The Morgan fingerprint density at radius 2 is 2.05 bits per heavy atom. The molecule has 0 aliphatic carbocycles. The van der Waals surface area contributed by atoms with Crippen LogP contribution in [0, 0.1) is 12.7 Å². The molecule has 104 valence electrons. The summed E-state index contributed by atoms with van der Waals surface area (Å²) in [6.45, 7) is 1.97. The number of amides is 1. The first-order chi connectivity index (χ1) is 9.60. The number of anilines is 1. The quantitative estimate of drug-likeness (QED) is 0.900. The second kappa shape index (κ2) is 6.14. The predicted molar refractivity (Wildman–Crippen MR) is 76.1 cm³/mol. The Labute approximate surface area is 117 Å². The van der Waals surface area contributed by atoms with Crippen molar-refractivity contribution in [3.8, 4) is 0 Å². The smallest absolute Gasteiger partial charge is 0.251 e. The Balaban J connectivity index is 2.09. The maximum absolute atomic E-state index is 13.5. The molecular weight excluding hydrogens is 257 g/mol. The summed E-state index contributed by atoms with van der Waals surface area (Å²) in [7, 11) is 1.74. The molecule has 0 saturated heterocycles. The van der Waals surface area contributed by atoms with Crippen LogP contribution in [0.25, 0.3) is 0 Å². The lowest BCUT2D eigenvalue weighted by Gasteiger charge is -2.08. The number of aromatic nitrogens is 1. The van der Waals surface area contributed by atoms with Gasteiger partial charge in [0.2, 0.25) is 0 Å². The number of rotatable bonds is 4. The van der Waals surface area contributed by atoms with Crippen LogP contribution >= 0.6 is 0 Å². The number of pyridine rings is 1. The van der Waals surface area contributed by atoms with E-state index in [-0.39, 0.29) is 18.3 Å². The molecule has 2 aromatic rings. The number of halogens is 1. The van der Waals surface area contributed by atoms with Crippen LogP contribution in [0.3, 0.4) is 0 Å². The lowest BCUT2D eigenvalue weighted by molar-refractivity contribution is 0.0950. The van der Waals surface area contributed by atoms with Crippen LogP contribution in [0.5, 0.6) is 0 Å². The van der Waals surface area contributed by atoms with E-state index in [9.17, 15) is 9.18 Å². The van der Waals surface area contributed by atoms with E-state index in [0.717, 1.165) is 5.69 Å². The minimum atomic E-state index is -0.324. The van der Waals surface area contributed by atoms with Gasteiger partial charge in [0.25, 0.3) is 5.91 Å². The highest BCUT2D eigenvalue weighted by atomic mass is 19.1. The largest absolute Gasteiger partial charge is 0.373 e. The summed E-state index contributed by atoms with van der Waals surface area (Å²) in [6.07, 6.45) is 0. The number of carbonyl (C=O) groups is 1. The molecule has 0 saturated carbocycles. The summed E-state index contributed by atoms with van der Waals surface area (Å²) in [5, 5.41) is 5.59. The molecule has 0 aliphatic heterocycles. The number of benzene rings is 1. The number of nitrogens with one attached hydrogen (secondary N) is 2. The molecule has 0 spiro atoms. The van der Waals surface area contributed by atoms with Crippen molar-refractivity contribution in [2.75, 3.05) is 12.4 Å². The van der Waals surface area contributed by atoms with Gasteiger partial charge in [-0.1, -0.05) is 18.2 Å². The van der Waals surface area contributed by atoms with Crippen LogP contribution in [-0.2, 0) is 6.54 Å². The van der Waals surface area contributed by atoms with Crippen molar-refractivity contribution in [2.45, 2.75) is 13.5 Å². The average molecular weight is 273 g/mol. The Bertz CT molecular complexity index is 628. The molecule has 0 bridgehead atoms. The normalized spacial score (nSPS) is 10.2. The maximum atomic E-state index is 13.5. The van der Waals surface area contributed by atoms with E-state index in [1.54, 1.807) is 37.4 Å². The Morgan fingerprint density at radius 3 is 2.75 bits per heavy atom. The van der Waals surface area contributed by atoms with Gasteiger partial charge in [-0.3, -0.25) is 4.79 Å². The monoisotopic (exact) mass is 273 g/mol. The fourth-order valence-corrected chi connectivity index (χ4v) is 1.85. The van der Waals surface area contributed by atoms with Gasteiger partial charge in [0, 0.05) is 30.4 Å². The molecular formula is C15H16FN3O. The number of aryl methyl sites for hydroxylation is 1. The summed E-state index contributed by atoms with van der Waals surface area (Å²) in [6, 6.07) is 9.72. The third-order valence-corrected chi connectivity index (χ3v) is 2.87. The SMILES string of the molecule is CNc1cc(C(=O)NCc2ccccc2F)cc(C)n1. The average Bonchev–Trinajstić information content (AvgIpc) is 2.45. The van der Waals surface area contributed by atoms with Gasteiger partial charge in [-0.15, -0.1) is 0 Å². The minimum Gasteiger partial charge on any atom is -0.373 e. The Kier molecular flexibility index (Phi) is 4.30. The van der Waals surface area contributed by atoms with Gasteiger partial charge in [-0.25, -0.2) is 9.37 Å². The van der Waals surface area contributed by atoms with E-state index in [4.69, 9.17) is 0 Å². The first kappa shape index (κ1) is 14.0. The van der Waals surface area contributed by atoms with Crippen molar-refractivity contribution in [3.63, 3.8) is 0 Å². The van der Waals surface area contributed by atoms with Gasteiger partial charge in [0.05, 0.1) is 0 Å². The van der Waals surface area contributed by atoms with E-state index < -0.39 is 0 Å². The fraction of sp³-hybridized carbons (Fsp3) is 0.200. The minimum absolute atomic E-state index is 0.155. The molecule has 5 heteroatoms. The molecule has 4 nitrogen and oxygen atoms in total. The number of carbonyl (C=O) groups excluding carboxylic acids is 1. The molecule has 0 aliphatic rings. The zero-order valence-electron chi connectivity index (χ0n) is 11.4. The van der Waals surface area contributed by atoms with E-state index in [0.29, 0.717) is 16.9 Å². The molecule has 1 aromatic carbocycles. The second-order valence-corrected chi connectivity index (χ2v) is 4.41. The van der Waals surface area contributed by atoms with Crippen LogP contribution in [-0.4, -0.2) is 17.9 Å². The summed E-state index contributed by atoms with van der Waals surface area (Å²) in [5.41, 5.74) is 1.70. The lowest BCUT2D eigenvalue weighted by Crippen LogP contribution is -2.23. The molecule has 0 radical (unpaired) electrons. The Morgan fingerprint density at radius 1 is 1.30 bits per heavy atom. The van der Waals surface area contributed by atoms with Gasteiger partial charge < -0.3 is 10.6 Å². The van der Waals surface area contributed by atoms with Gasteiger partial charge in [-0.2, -0.15) is 0 Å². The number of hydrogen-bond acceptors (Lipinski definition) is 3. The van der Waals surface area contributed by atoms with Crippen molar-refractivity contribution in [1.29, 1.82) is 0 Å². The summed E-state index contributed by atoms with van der Waals surface area (Å²) < 4.78 is 13.5.